The van der Waals surface area contributed by atoms with Gasteiger partial charge in [-0.1, -0.05) is 0 Å². The summed E-state index contributed by atoms with van der Waals surface area (Å²) in [5.74, 6) is -2.40. The van der Waals surface area contributed by atoms with Crippen molar-refractivity contribution < 1.29 is 35.1 Å². The summed E-state index contributed by atoms with van der Waals surface area (Å²) < 4.78 is 93.1. The maximum Gasteiger partial charge on any atom is 0.573 e. The van der Waals surface area contributed by atoms with Crippen LogP contribution in [0.25, 0.3) is 11.3 Å². The van der Waals surface area contributed by atoms with E-state index in [1.165, 1.54) is 17.4 Å². The maximum atomic E-state index is 13.5. The van der Waals surface area contributed by atoms with Crippen LogP contribution in [-0.2, 0) is 9.84 Å². The summed E-state index contributed by atoms with van der Waals surface area (Å²) in [4.78, 5) is 6.31. The quantitative estimate of drug-likeness (QED) is 0.434. The molecule has 0 amide bonds. The van der Waals surface area contributed by atoms with Gasteiger partial charge < -0.3 is 9.64 Å². The lowest BCUT2D eigenvalue weighted by atomic mass is 10.1. The lowest BCUT2D eigenvalue weighted by Crippen LogP contribution is -2.39. The van der Waals surface area contributed by atoms with E-state index in [9.17, 15) is 30.4 Å². The Morgan fingerprint density at radius 1 is 1.00 bits per heavy atom. The summed E-state index contributed by atoms with van der Waals surface area (Å²) in [6, 6.07) is 7.70. The van der Waals surface area contributed by atoms with Crippen molar-refractivity contribution in [3.8, 4) is 17.0 Å². The highest BCUT2D eigenvalue weighted by atomic mass is 32.2. The van der Waals surface area contributed by atoms with Gasteiger partial charge in [-0.2, -0.15) is 0 Å². The molecule has 33 heavy (non-hydrogen) atoms. The molecule has 5 nitrogen and oxygen atoms in total. The summed E-state index contributed by atoms with van der Waals surface area (Å²) in [5, 5.41) is 1.67. The van der Waals surface area contributed by atoms with E-state index in [0.717, 1.165) is 36.4 Å². The zero-order chi connectivity index (χ0) is 23.8. The SMILES string of the molecule is O=S(=O)(c1ccc(OC(F)(F)F)cc1)C1CCN(c2nc(-c3ccc(F)c(F)c3)cs2)CC1. The zero-order valence-corrected chi connectivity index (χ0v) is 18.5. The molecule has 4 rings (SSSR count). The number of nitrogens with zero attached hydrogens (tertiary/aromatic N) is 2. The molecule has 3 aromatic rings. The van der Waals surface area contributed by atoms with Crippen LogP contribution in [0.1, 0.15) is 12.8 Å². The number of hydrogen-bond donors (Lipinski definition) is 0. The predicted molar refractivity (Wildman–Crippen MR) is 113 cm³/mol. The third-order valence-electron chi connectivity index (χ3n) is 5.24. The molecule has 2 aromatic carbocycles. The van der Waals surface area contributed by atoms with Crippen molar-refractivity contribution in [3.05, 3.63) is 59.5 Å². The van der Waals surface area contributed by atoms with Crippen molar-refractivity contribution in [2.24, 2.45) is 0 Å². The van der Waals surface area contributed by atoms with Crippen LogP contribution >= 0.6 is 11.3 Å². The molecule has 176 valence electrons. The first-order valence-electron chi connectivity index (χ1n) is 9.78. The van der Waals surface area contributed by atoms with Crippen LogP contribution < -0.4 is 9.64 Å². The Balaban J connectivity index is 1.41. The number of sulfone groups is 1. The van der Waals surface area contributed by atoms with E-state index >= 15 is 0 Å². The van der Waals surface area contributed by atoms with Crippen LogP contribution in [0.4, 0.5) is 27.1 Å². The molecule has 2 heterocycles. The first-order valence-corrected chi connectivity index (χ1v) is 12.2. The van der Waals surface area contributed by atoms with Crippen LogP contribution in [0.2, 0.25) is 0 Å². The number of alkyl halides is 3. The van der Waals surface area contributed by atoms with Gasteiger partial charge in [-0.3, -0.25) is 0 Å². The Morgan fingerprint density at radius 3 is 2.27 bits per heavy atom. The van der Waals surface area contributed by atoms with Gasteiger partial charge in [0.1, 0.15) is 5.75 Å². The van der Waals surface area contributed by atoms with Crippen LogP contribution in [0.5, 0.6) is 5.75 Å². The summed E-state index contributed by atoms with van der Waals surface area (Å²) in [5.41, 5.74) is 0.927. The van der Waals surface area contributed by atoms with Crippen LogP contribution in [-0.4, -0.2) is 38.1 Å². The number of anilines is 1. The molecule has 1 aliphatic heterocycles. The molecule has 12 heteroatoms. The number of halogens is 5. The molecule has 1 aliphatic rings. The molecular formula is C21H17F5N2O3S2. The van der Waals surface area contributed by atoms with E-state index in [1.54, 1.807) is 5.38 Å². The number of benzene rings is 2. The minimum atomic E-state index is -4.85. The molecule has 0 spiro atoms. The predicted octanol–water partition coefficient (Wildman–Crippen LogP) is 5.43. The van der Waals surface area contributed by atoms with Gasteiger partial charge in [-0.25, -0.2) is 22.2 Å². The highest BCUT2D eigenvalue weighted by Gasteiger charge is 2.33. The summed E-state index contributed by atoms with van der Waals surface area (Å²) >= 11 is 1.32. The van der Waals surface area contributed by atoms with E-state index in [0.29, 0.717) is 42.3 Å². The van der Waals surface area contributed by atoms with Gasteiger partial charge in [0.2, 0.25) is 0 Å². The summed E-state index contributed by atoms with van der Waals surface area (Å²) in [7, 11) is -3.73. The molecule has 0 N–H and O–H groups in total. The number of ether oxygens (including phenoxy) is 1. The van der Waals surface area contributed by atoms with Gasteiger partial charge in [0, 0.05) is 24.0 Å². The molecule has 0 saturated carbocycles. The lowest BCUT2D eigenvalue weighted by Gasteiger charge is -2.31. The molecule has 1 aromatic heterocycles. The highest BCUT2D eigenvalue weighted by Crippen LogP contribution is 2.33. The van der Waals surface area contributed by atoms with Crippen molar-refractivity contribution in [2.75, 3.05) is 18.0 Å². The monoisotopic (exact) mass is 504 g/mol. The van der Waals surface area contributed by atoms with E-state index in [4.69, 9.17) is 0 Å². The Hall–Kier alpha value is -2.73. The van der Waals surface area contributed by atoms with Crippen molar-refractivity contribution in [1.29, 1.82) is 0 Å². The molecular weight excluding hydrogens is 487 g/mol. The van der Waals surface area contributed by atoms with Crippen molar-refractivity contribution >= 4 is 26.3 Å². The number of rotatable bonds is 5. The van der Waals surface area contributed by atoms with Crippen molar-refractivity contribution in [2.45, 2.75) is 29.3 Å². The van der Waals surface area contributed by atoms with Gasteiger partial charge in [-0.05, 0) is 55.3 Å². The minimum absolute atomic E-state index is 0.0645. The van der Waals surface area contributed by atoms with Crippen LogP contribution in [0, 0.1) is 11.6 Å². The van der Waals surface area contributed by atoms with Crippen LogP contribution in [0.3, 0.4) is 0 Å². The normalized spacial score (nSPS) is 15.6. The molecule has 0 radical (unpaired) electrons. The first kappa shape index (κ1) is 23.4. The van der Waals surface area contributed by atoms with Crippen molar-refractivity contribution in [1.82, 2.24) is 4.98 Å². The van der Waals surface area contributed by atoms with Crippen molar-refractivity contribution in [3.63, 3.8) is 0 Å². The number of hydrogen-bond acceptors (Lipinski definition) is 6. The molecule has 0 unspecified atom stereocenters. The summed E-state index contributed by atoms with van der Waals surface area (Å²) in [6.45, 7) is 0.813. The Bertz CT molecular complexity index is 1240. The largest absolute Gasteiger partial charge is 0.573 e. The van der Waals surface area contributed by atoms with E-state index in [2.05, 4.69) is 9.72 Å². The van der Waals surface area contributed by atoms with Gasteiger partial charge in [-0.15, -0.1) is 24.5 Å². The Kier molecular flexibility index (Phi) is 6.32. The highest BCUT2D eigenvalue weighted by molar-refractivity contribution is 7.92. The molecule has 1 fully saturated rings. The third-order valence-corrected chi connectivity index (χ3v) is 8.42. The second kappa shape index (κ2) is 8.90. The van der Waals surface area contributed by atoms with Gasteiger partial charge in [0.05, 0.1) is 15.8 Å². The minimum Gasteiger partial charge on any atom is -0.406 e. The van der Waals surface area contributed by atoms with E-state index in [-0.39, 0.29) is 4.90 Å². The third kappa shape index (κ3) is 5.27. The molecule has 0 bridgehead atoms. The second-order valence-electron chi connectivity index (χ2n) is 7.39. The van der Waals surface area contributed by atoms with E-state index in [1.807, 2.05) is 4.90 Å². The average Bonchev–Trinajstić information content (AvgIpc) is 3.25. The Morgan fingerprint density at radius 2 is 1.67 bits per heavy atom. The average molecular weight is 505 g/mol. The fraction of sp³-hybridized carbons (Fsp3) is 0.286. The maximum absolute atomic E-state index is 13.5. The first-order chi connectivity index (χ1) is 15.5. The molecule has 0 aliphatic carbocycles. The smallest absolute Gasteiger partial charge is 0.406 e. The number of thiazole rings is 1. The zero-order valence-electron chi connectivity index (χ0n) is 16.9. The second-order valence-corrected chi connectivity index (χ2v) is 10.5. The summed E-state index contributed by atoms with van der Waals surface area (Å²) in [6.07, 6.45) is -4.24. The molecule has 1 saturated heterocycles. The van der Waals surface area contributed by atoms with E-state index < -0.39 is 38.8 Å². The number of aromatic nitrogens is 1. The standard InChI is InChI=1S/C21H17F5N2O3S2/c22-17-6-1-13(11-18(17)23)19-12-32-20(27-19)28-9-7-16(8-10-28)33(29,30)15-4-2-14(3-5-15)31-21(24,25)26/h1-6,11-12,16H,7-10H2. The van der Waals surface area contributed by atoms with Gasteiger partial charge >= 0.3 is 6.36 Å². The fourth-order valence-electron chi connectivity index (χ4n) is 3.58. The number of piperidine rings is 1. The van der Waals surface area contributed by atoms with Gasteiger partial charge in [0.15, 0.2) is 26.6 Å². The topological polar surface area (TPSA) is 59.5 Å². The Labute approximate surface area is 190 Å². The van der Waals surface area contributed by atoms with Gasteiger partial charge in [0.25, 0.3) is 0 Å². The molecule has 0 atom stereocenters. The van der Waals surface area contributed by atoms with Crippen LogP contribution in [0.15, 0.2) is 52.7 Å². The lowest BCUT2D eigenvalue weighted by molar-refractivity contribution is -0.274. The fourth-order valence-corrected chi connectivity index (χ4v) is 6.20.